The van der Waals surface area contributed by atoms with Gasteiger partial charge in [0.15, 0.2) is 11.2 Å². The lowest BCUT2D eigenvalue weighted by Crippen LogP contribution is -2.37. The van der Waals surface area contributed by atoms with Gasteiger partial charge >= 0.3 is 5.69 Å². The Bertz CT molecular complexity index is 688. The average Bonchev–Trinajstić information content (AvgIpc) is 2.68. The second-order valence-corrected chi connectivity index (χ2v) is 3.34. The Labute approximate surface area is 90.3 Å². The summed E-state index contributed by atoms with van der Waals surface area (Å²) in [5, 5.41) is 3.97. The molecule has 0 unspecified atom stereocenters. The minimum Gasteiger partial charge on any atom is -0.279 e. The fourth-order valence-electron chi connectivity index (χ4n) is 1.54. The maximum atomic E-state index is 11.9. The zero-order valence-electron chi connectivity index (χ0n) is 9.21. The van der Waals surface area contributed by atoms with Crippen LogP contribution in [0.25, 0.3) is 11.2 Å². The Hall–Kier alpha value is -2.18. The van der Waals surface area contributed by atoms with Crippen molar-refractivity contribution >= 4 is 17.4 Å². The van der Waals surface area contributed by atoms with E-state index >= 15 is 0 Å². The first-order valence-corrected chi connectivity index (χ1v) is 4.70. The van der Waals surface area contributed by atoms with E-state index in [2.05, 4.69) is 10.1 Å². The Kier molecular flexibility index (Phi) is 2.22. The predicted molar refractivity (Wildman–Crippen MR) is 59.8 cm³/mol. The van der Waals surface area contributed by atoms with Gasteiger partial charge in [-0.15, -0.1) is 0 Å². The second kappa shape index (κ2) is 3.44. The minimum atomic E-state index is -0.402. The van der Waals surface area contributed by atoms with Gasteiger partial charge in [-0.3, -0.25) is 13.9 Å². The molecule has 0 aromatic carbocycles. The lowest BCUT2D eigenvalue weighted by atomic mass is 10.5. The molecule has 2 aromatic rings. The van der Waals surface area contributed by atoms with Gasteiger partial charge in [-0.2, -0.15) is 5.10 Å². The Balaban J connectivity index is 3.06. The van der Waals surface area contributed by atoms with E-state index in [-0.39, 0.29) is 0 Å². The van der Waals surface area contributed by atoms with Gasteiger partial charge in [-0.05, 0) is 6.92 Å². The third-order valence-corrected chi connectivity index (χ3v) is 2.37. The van der Waals surface area contributed by atoms with Crippen LogP contribution in [0.3, 0.4) is 0 Å². The van der Waals surface area contributed by atoms with Crippen molar-refractivity contribution in [1.82, 2.24) is 18.8 Å². The molecule has 0 radical (unpaired) electrons. The summed E-state index contributed by atoms with van der Waals surface area (Å²) in [4.78, 5) is 27.5. The molecule has 0 N–H and O–H groups in total. The molecular weight excluding hydrogens is 210 g/mol. The molecule has 0 saturated carbocycles. The molecule has 2 rings (SSSR count). The monoisotopic (exact) mass is 221 g/mol. The predicted octanol–water partition coefficient (Wildman–Crippen LogP) is -0.713. The van der Waals surface area contributed by atoms with Gasteiger partial charge < -0.3 is 0 Å². The highest BCUT2D eigenvalue weighted by Gasteiger charge is 2.13. The summed E-state index contributed by atoms with van der Waals surface area (Å²) in [5.41, 5.74) is -0.175. The van der Waals surface area contributed by atoms with E-state index in [0.29, 0.717) is 11.2 Å². The van der Waals surface area contributed by atoms with Crippen LogP contribution in [0.15, 0.2) is 21.0 Å². The number of fused-ring (bicyclic) bond motifs is 1. The minimum absolute atomic E-state index is 0.294. The quantitative estimate of drug-likeness (QED) is 0.597. The SMILES string of the molecule is CC=Nn1cnc2c1c(=O)n(C)c(=O)n2C. The molecule has 2 aromatic heterocycles. The van der Waals surface area contributed by atoms with Crippen molar-refractivity contribution in [3.63, 3.8) is 0 Å². The summed E-state index contributed by atoms with van der Waals surface area (Å²) in [6.07, 6.45) is 2.96. The van der Waals surface area contributed by atoms with Gasteiger partial charge in [0, 0.05) is 20.3 Å². The van der Waals surface area contributed by atoms with Crippen LogP contribution in [0.5, 0.6) is 0 Å². The standard InChI is InChI=1S/C9H11N5O2/c1-4-11-14-5-10-7-6(14)8(15)13(3)9(16)12(7)2/h4-5H,1-3H3. The third kappa shape index (κ3) is 1.21. The van der Waals surface area contributed by atoms with E-state index < -0.39 is 11.2 Å². The van der Waals surface area contributed by atoms with Gasteiger partial charge in [-0.25, -0.2) is 14.5 Å². The van der Waals surface area contributed by atoms with Gasteiger partial charge in [-0.1, -0.05) is 0 Å². The van der Waals surface area contributed by atoms with Crippen molar-refractivity contribution in [2.75, 3.05) is 0 Å². The molecule has 7 nitrogen and oxygen atoms in total. The number of hydrogen-bond acceptors (Lipinski definition) is 4. The van der Waals surface area contributed by atoms with Crippen LogP contribution >= 0.6 is 0 Å². The van der Waals surface area contributed by atoms with E-state index in [1.54, 1.807) is 20.2 Å². The number of imidazole rings is 1. The fourth-order valence-corrected chi connectivity index (χ4v) is 1.54. The topological polar surface area (TPSA) is 74.2 Å². The number of hydrogen-bond donors (Lipinski definition) is 0. The maximum Gasteiger partial charge on any atom is 0.332 e. The van der Waals surface area contributed by atoms with Crippen molar-refractivity contribution < 1.29 is 0 Å². The Morgan fingerprint density at radius 2 is 2.00 bits per heavy atom. The van der Waals surface area contributed by atoms with E-state index in [1.807, 2.05) is 0 Å². The van der Waals surface area contributed by atoms with Crippen LogP contribution in [-0.2, 0) is 14.1 Å². The number of aryl methyl sites for hydroxylation is 1. The highest BCUT2D eigenvalue weighted by molar-refractivity contribution is 5.70. The van der Waals surface area contributed by atoms with Gasteiger partial charge in [0.25, 0.3) is 5.56 Å². The first kappa shape index (κ1) is 10.3. The summed E-state index contributed by atoms with van der Waals surface area (Å²) >= 11 is 0. The molecule has 16 heavy (non-hydrogen) atoms. The maximum absolute atomic E-state index is 11.9. The van der Waals surface area contributed by atoms with E-state index in [0.717, 1.165) is 4.57 Å². The molecule has 84 valence electrons. The molecule has 0 atom stereocenters. The Morgan fingerprint density at radius 1 is 1.31 bits per heavy atom. The van der Waals surface area contributed by atoms with Crippen molar-refractivity contribution in [2.24, 2.45) is 19.2 Å². The summed E-state index contributed by atoms with van der Waals surface area (Å²) < 4.78 is 3.71. The van der Waals surface area contributed by atoms with Crippen LogP contribution < -0.4 is 11.2 Å². The van der Waals surface area contributed by atoms with Crippen molar-refractivity contribution in [2.45, 2.75) is 6.92 Å². The normalized spacial score (nSPS) is 11.7. The zero-order valence-corrected chi connectivity index (χ0v) is 9.21. The lowest BCUT2D eigenvalue weighted by Gasteiger charge is -2.02. The van der Waals surface area contributed by atoms with Gasteiger partial charge in [0.2, 0.25) is 0 Å². The van der Waals surface area contributed by atoms with E-state index in [9.17, 15) is 9.59 Å². The molecule has 2 heterocycles. The Morgan fingerprint density at radius 3 is 2.62 bits per heavy atom. The molecule has 0 amide bonds. The summed E-state index contributed by atoms with van der Waals surface area (Å²) in [7, 11) is 2.99. The average molecular weight is 221 g/mol. The van der Waals surface area contributed by atoms with E-state index in [1.165, 1.54) is 22.6 Å². The first-order valence-electron chi connectivity index (χ1n) is 4.70. The molecule has 0 saturated heterocycles. The summed E-state index contributed by atoms with van der Waals surface area (Å²) in [6, 6.07) is 0. The number of rotatable bonds is 1. The largest absolute Gasteiger partial charge is 0.332 e. The lowest BCUT2D eigenvalue weighted by molar-refractivity contribution is 0.705. The number of nitrogens with zero attached hydrogens (tertiary/aromatic N) is 5. The van der Waals surface area contributed by atoms with Crippen LogP contribution in [0.2, 0.25) is 0 Å². The molecule has 0 bridgehead atoms. The molecule has 0 spiro atoms. The smallest absolute Gasteiger partial charge is 0.279 e. The van der Waals surface area contributed by atoms with Crippen molar-refractivity contribution in [1.29, 1.82) is 0 Å². The van der Waals surface area contributed by atoms with Crippen LogP contribution in [0, 0.1) is 0 Å². The van der Waals surface area contributed by atoms with Crippen LogP contribution in [0.4, 0.5) is 0 Å². The second-order valence-electron chi connectivity index (χ2n) is 3.34. The molecule has 0 aliphatic rings. The summed E-state index contributed by atoms with van der Waals surface area (Å²) in [5.74, 6) is 0. The van der Waals surface area contributed by atoms with Crippen LogP contribution in [0.1, 0.15) is 6.92 Å². The number of aromatic nitrogens is 4. The molecule has 0 fully saturated rings. The van der Waals surface area contributed by atoms with E-state index in [4.69, 9.17) is 0 Å². The highest BCUT2D eigenvalue weighted by atomic mass is 16.2. The van der Waals surface area contributed by atoms with Crippen molar-refractivity contribution in [3.8, 4) is 0 Å². The highest BCUT2D eigenvalue weighted by Crippen LogP contribution is 2.04. The zero-order chi connectivity index (χ0) is 11.9. The molecule has 7 heteroatoms. The molecule has 0 aliphatic carbocycles. The van der Waals surface area contributed by atoms with Crippen molar-refractivity contribution in [3.05, 3.63) is 27.2 Å². The molecular formula is C9H11N5O2. The van der Waals surface area contributed by atoms with Gasteiger partial charge in [0.05, 0.1) is 0 Å². The van der Waals surface area contributed by atoms with Gasteiger partial charge in [0.1, 0.15) is 6.33 Å². The van der Waals surface area contributed by atoms with Crippen LogP contribution in [-0.4, -0.2) is 25.0 Å². The summed E-state index contributed by atoms with van der Waals surface area (Å²) in [6.45, 7) is 1.73. The fraction of sp³-hybridized carbons (Fsp3) is 0.333. The third-order valence-electron chi connectivity index (χ3n) is 2.37. The first-order chi connectivity index (χ1) is 7.57. The molecule has 0 aliphatic heterocycles.